The average Bonchev–Trinajstić information content (AvgIpc) is 3.69. The molecule has 7 nitrogen and oxygen atoms in total. The molecule has 1 aliphatic rings. The summed E-state index contributed by atoms with van der Waals surface area (Å²) in [6.45, 7) is 0.618. The van der Waals surface area contributed by atoms with Crippen molar-refractivity contribution in [2.75, 3.05) is 13.1 Å². The molecule has 0 atom stereocenters. The normalized spacial score (nSPS) is 15.7. The van der Waals surface area contributed by atoms with Gasteiger partial charge in [-0.3, -0.25) is 20.0 Å². The number of thiophene rings is 1. The van der Waals surface area contributed by atoms with Crippen molar-refractivity contribution in [3.05, 3.63) is 72.1 Å². The molecular weight excluding hydrogens is 492 g/mol. The molecule has 0 aliphatic carbocycles. The highest BCUT2D eigenvalue weighted by Crippen LogP contribution is 2.35. The van der Waals surface area contributed by atoms with Crippen LogP contribution >= 0.6 is 11.3 Å². The van der Waals surface area contributed by atoms with E-state index in [0.717, 1.165) is 54.9 Å². The number of rotatable bonds is 5. The van der Waals surface area contributed by atoms with Crippen LogP contribution in [0.15, 0.2) is 66.6 Å². The summed E-state index contributed by atoms with van der Waals surface area (Å²) in [6, 6.07) is 12.2. The minimum atomic E-state index is -2.61. The zero-order valence-electron chi connectivity index (χ0n) is 19.6. The molecule has 6 aromatic rings. The lowest BCUT2D eigenvalue weighted by atomic mass is 10.1. The van der Waals surface area contributed by atoms with Gasteiger partial charge in [0.05, 0.1) is 28.5 Å². The maximum atomic E-state index is 13.6. The van der Waals surface area contributed by atoms with Crippen molar-refractivity contribution in [2.24, 2.45) is 0 Å². The molecule has 0 saturated carbocycles. The van der Waals surface area contributed by atoms with E-state index >= 15 is 0 Å². The van der Waals surface area contributed by atoms with E-state index in [-0.39, 0.29) is 13.0 Å². The van der Waals surface area contributed by atoms with E-state index in [1.54, 1.807) is 34.8 Å². The lowest BCUT2D eigenvalue weighted by Gasteiger charge is -2.15. The number of aromatic nitrogens is 6. The molecule has 0 spiro atoms. The maximum Gasteiger partial charge on any atom is 0.261 e. The first-order valence-electron chi connectivity index (χ1n) is 11.9. The molecule has 1 fully saturated rings. The number of fused-ring (bicyclic) bond motifs is 2. The Bertz CT molecular complexity index is 1740. The van der Waals surface area contributed by atoms with Crippen molar-refractivity contribution in [3.63, 3.8) is 0 Å². The van der Waals surface area contributed by atoms with Gasteiger partial charge in [-0.1, -0.05) is 6.07 Å². The van der Waals surface area contributed by atoms with Gasteiger partial charge in [0.25, 0.3) is 5.92 Å². The number of nitrogens with one attached hydrogen (secondary N) is 2. The molecule has 0 aromatic carbocycles. The average molecular weight is 514 g/mol. The van der Waals surface area contributed by atoms with Crippen molar-refractivity contribution >= 4 is 33.3 Å². The zero-order chi connectivity index (χ0) is 25.0. The molecule has 1 aliphatic heterocycles. The quantitative estimate of drug-likeness (QED) is 0.290. The number of hydrogen-bond acceptors (Lipinski definition) is 6. The lowest BCUT2D eigenvalue weighted by molar-refractivity contribution is 0.0115. The Morgan fingerprint density at radius 3 is 2.78 bits per heavy atom. The van der Waals surface area contributed by atoms with Crippen LogP contribution in [-0.2, 0) is 6.54 Å². The number of pyridine rings is 3. The smallest absolute Gasteiger partial charge is 0.261 e. The van der Waals surface area contributed by atoms with Crippen molar-refractivity contribution in [1.82, 2.24) is 35.0 Å². The van der Waals surface area contributed by atoms with Gasteiger partial charge in [0, 0.05) is 71.7 Å². The molecule has 10 heteroatoms. The van der Waals surface area contributed by atoms with E-state index in [1.165, 1.54) is 0 Å². The third kappa shape index (κ3) is 4.08. The summed E-state index contributed by atoms with van der Waals surface area (Å²) in [6.07, 6.45) is 6.99. The van der Waals surface area contributed by atoms with Crippen LogP contribution in [0, 0.1) is 0 Å². The standard InChI is InChI=1S/C27H21F2N7S/c28-27(29)4-6-36(15-27)14-16-8-17(12-30-11-16)18-9-20-24(34-35-26(20)32-13-18)22-10-19-21(33-22)3-5-31-25(19)23-2-1-7-37-23/h1-3,5,7-13,33H,4,6,14-15H2,(H,32,34,35). The number of H-pyrrole nitrogens is 2. The van der Waals surface area contributed by atoms with Crippen molar-refractivity contribution < 1.29 is 8.78 Å². The van der Waals surface area contributed by atoms with Crippen LogP contribution in [0.1, 0.15) is 12.0 Å². The van der Waals surface area contributed by atoms with Gasteiger partial charge in [-0.25, -0.2) is 13.8 Å². The molecule has 6 aromatic heterocycles. The zero-order valence-corrected chi connectivity index (χ0v) is 20.4. The van der Waals surface area contributed by atoms with Gasteiger partial charge in [0.15, 0.2) is 5.65 Å². The van der Waals surface area contributed by atoms with Gasteiger partial charge in [-0.05, 0) is 41.3 Å². The fourth-order valence-corrected chi connectivity index (χ4v) is 5.73. The number of nitrogens with zero attached hydrogens (tertiary/aromatic N) is 5. The summed E-state index contributed by atoms with van der Waals surface area (Å²) in [5.41, 5.74) is 6.93. The highest BCUT2D eigenvalue weighted by Gasteiger charge is 2.37. The molecule has 37 heavy (non-hydrogen) atoms. The fourth-order valence-electron chi connectivity index (χ4n) is 4.99. The molecule has 7 heterocycles. The molecule has 184 valence electrons. The second kappa shape index (κ2) is 8.53. The Hall–Kier alpha value is -4.02. The van der Waals surface area contributed by atoms with E-state index in [0.29, 0.717) is 18.7 Å². The largest absolute Gasteiger partial charge is 0.353 e. The molecule has 0 amide bonds. The first kappa shape index (κ1) is 22.2. The topological polar surface area (TPSA) is 86.4 Å². The highest BCUT2D eigenvalue weighted by molar-refractivity contribution is 7.13. The predicted octanol–water partition coefficient (Wildman–Crippen LogP) is 6.13. The predicted molar refractivity (Wildman–Crippen MR) is 140 cm³/mol. The minimum absolute atomic E-state index is 0.0946. The summed E-state index contributed by atoms with van der Waals surface area (Å²) >= 11 is 1.66. The Morgan fingerprint density at radius 2 is 1.95 bits per heavy atom. The third-order valence-electron chi connectivity index (χ3n) is 6.76. The van der Waals surface area contributed by atoms with Crippen LogP contribution < -0.4 is 0 Å². The lowest BCUT2D eigenvalue weighted by Crippen LogP contribution is -2.24. The van der Waals surface area contributed by atoms with Gasteiger partial charge in [-0.15, -0.1) is 11.3 Å². The van der Waals surface area contributed by atoms with Crippen LogP contribution in [0.3, 0.4) is 0 Å². The van der Waals surface area contributed by atoms with Crippen molar-refractivity contribution in [3.8, 4) is 33.1 Å². The van der Waals surface area contributed by atoms with Crippen LogP contribution in [-0.4, -0.2) is 54.0 Å². The number of hydrogen-bond donors (Lipinski definition) is 2. The molecule has 0 bridgehead atoms. The second-order valence-electron chi connectivity index (χ2n) is 9.37. The van der Waals surface area contributed by atoms with Crippen LogP contribution in [0.2, 0.25) is 0 Å². The summed E-state index contributed by atoms with van der Waals surface area (Å²) in [5, 5.41) is 11.5. The summed E-state index contributed by atoms with van der Waals surface area (Å²) in [5.74, 6) is -2.61. The SMILES string of the molecule is FC1(F)CCN(Cc2cncc(-c3cnc4n[nH]c(-c5cc6c(-c7cccs7)nccc6[nH]5)c4c3)c2)C1. The summed E-state index contributed by atoms with van der Waals surface area (Å²) in [4.78, 5) is 19.9. The molecule has 7 rings (SSSR count). The van der Waals surface area contributed by atoms with Crippen LogP contribution in [0.25, 0.3) is 55.0 Å². The fraction of sp³-hybridized carbons (Fsp3) is 0.185. The molecular formula is C27H21F2N7S. The Kier molecular flexibility index (Phi) is 5.12. The number of alkyl halides is 2. The summed E-state index contributed by atoms with van der Waals surface area (Å²) < 4.78 is 27.2. The number of aromatic amines is 2. The summed E-state index contributed by atoms with van der Waals surface area (Å²) in [7, 11) is 0. The Morgan fingerprint density at radius 1 is 1.03 bits per heavy atom. The molecule has 2 N–H and O–H groups in total. The first-order valence-corrected chi connectivity index (χ1v) is 12.8. The third-order valence-corrected chi connectivity index (χ3v) is 7.64. The van der Waals surface area contributed by atoms with E-state index in [1.807, 2.05) is 35.8 Å². The molecule has 1 saturated heterocycles. The van der Waals surface area contributed by atoms with Gasteiger partial charge in [0.1, 0.15) is 0 Å². The van der Waals surface area contributed by atoms with E-state index in [2.05, 4.69) is 42.3 Å². The van der Waals surface area contributed by atoms with E-state index < -0.39 is 5.92 Å². The minimum Gasteiger partial charge on any atom is -0.353 e. The molecule has 0 radical (unpaired) electrons. The van der Waals surface area contributed by atoms with Gasteiger partial charge in [0.2, 0.25) is 0 Å². The van der Waals surface area contributed by atoms with Crippen molar-refractivity contribution in [1.29, 1.82) is 0 Å². The van der Waals surface area contributed by atoms with Crippen molar-refractivity contribution in [2.45, 2.75) is 18.9 Å². The van der Waals surface area contributed by atoms with E-state index in [4.69, 9.17) is 0 Å². The van der Waals surface area contributed by atoms with Crippen LogP contribution in [0.4, 0.5) is 8.78 Å². The highest BCUT2D eigenvalue weighted by atomic mass is 32.1. The molecule has 0 unspecified atom stereocenters. The van der Waals surface area contributed by atoms with E-state index in [9.17, 15) is 8.78 Å². The monoisotopic (exact) mass is 513 g/mol. The van der Waals surface area contributed by atoms with Gasteiger partial charge < -0.3 is 4.98 Å². The van der Waals surface area contributed by atoms with Gasteiger partial charge in [-0.2, -0.15) is 5.10 Å². The number of halogens is 2. The van der Waals surface area contributed by atoms with Crippen LogP contribution in [0.5, 0.6) is 0 Å². The first-order chi connectivity index (χ1) is 18.0. The van der Waals surface area contributed by atoms with Gasteiger partial charge >= 0.3 is 0 Å². The second-order valence-corrected chi connectivity index (χ2v) is 10.3. The maximum absolute atomic E-state index is 13.6. The Balaban J connectivity index is 1.24. The number of likely N-dealkylation sites (tertiary alicyclic amines) is 1. The Labute approximate surface area is 214 Å².